The normalized spacial score (nSPS) is 16.4. The summed E-state index contributed by atoms with van der Waals surface area (Å²) in [5.41, 5.74) is -0.478. The van der Waals surface area contributed by atoms with E-state index >= 15 is 0 Å². The van der Waals surface area contributed by atoms with Gasteiger partial charge in [-0.2, -0.15) is 18.2 Å². The molecule has 2 aliphatic rings. The molecule has 0 bridgehead atoms. The van der Waals surface area contributed by atoms with E-state index in [0.29, 0.717) is 23.1 Å². The Labute approximate surface area is 141 Å². The van der Waals surface area contributed by atoms with Crippen molar-refractivity contribution in [2.75, 3.05) is 30.1 Å². The van der Waals surface area contributed by atoms with Crippen LogP contribution in [0, 0.1) is 0 Å². The first-order valence-electron chi connectivity index (χ1n) is 7.86. The van der Waals surface area contributed by atoms with Gasteiger partial charge in [0.05, 0.1) is 0 Å². The van der Waals surface area contributed by atoms with Crippen molar-refractivity contribution >= 4 is 17.5 Å². The number of rotatable bonds is 3. The predicted octanol–water partition coefficient (Wildman–Crippen LogP) is 3.57. The highest BCUT2D eigenvalue weighted by Crippen LogP contribution is 2.38. The van der Waals surface area contributed by atoms with Crippen LogP contribution in [0.5, 0.6) is 11.5 Å². The van der Waals surface area contributed by atoms with Crippen LogP contribution >= 0.6 is 0 Å². The predicted molar refractivity (Wildman–Crippen MR) is 84.3 cm³/mol. The van der Waals surface area contributed by atoms with Crippen molar-refractivity contribution < 1.29 is 22.6 Å². The maximum atomic E-state index is 13.3. The molecule has 1 fully saturated rings. The molecule has 1 aromatic heterocycles. The van der Waals surface area contributed by atoms with Crippen molar-refractivity contribution in [3.8, 4) is 11.5 Å². The van der Waals surface area contributed by atoms with E-state index in [0.717, 1.165) is 32.1 Å². The Morgan fingerprint density at radius 1 is 1.08 bits per heavy atom. The highest BCUT2D eigenvalue weighted by atomic mass is 19.4. The van der Waals surface area contributed by atoms with Crippen molar-refractivity contribution in [2.45, 2.75) is 19.0 Å². The quantitative estimate of drug-likeness (QED) is 0.911. The molecular weight excluding hydrogens is 337 g/mol. The summed E-state index contributed by atoms with van der Waals surface area (Å²) in [6.07, 6.45) is -1.76. The molecule has 0 amide bonds. The van der Waals surface area contributed by atoms with Gasteiger partial charge in [0.25, 0.3) is 0 Å². The standard InChI is InChI=1S/C16H15F3N4O2/c17-16(18,19)11-8-20-15(23-5-1-2-6-23)22-14(11)21-10-3-4-12-13(7-10)25-9-24-12/h3-4,7-8H,1-2,5-6,9H2,(H,20,21,22). The lowest BCUT2D eigenvalue weighted by Crippen LogP contribution is -2.22. The molecule has 1 N–H and O–H groups in total. The molecule has 0 radical (unpaired) electrons. The molecule has 6 nitrogen and oxygen atoms in total. The fourth-order valence-corrected chi connectivity index (χ4v) is 2.86. The monoisotopic (exact) mass is 352 g/mol. The van der Waals surface area contributed by atoms with Gasteiger partial charge in [0.2, 0.25) is 12.7 Å². The maximum Gasteiger partial charge on any atom is 0.421 e. The van der Waals surface area contributed by atoms with Gasteiger partial charge in [0, 0.05) is 31.0 Å². The summed E-state index contributed by atoms with van der Waals surface area (Å²) in [5, 5.41) is 2.74. The van der Waals surface area contributed by atoms with Gasteiger partial charge in [0.1, 0.15) is 11.4 Å². The van der Waals surface area contributed by atoms with Crippen LogP contribution in [0.3, 0.4) is 0 Å². The van der Waals surface area contributed by atoms with Gasteiger partial charge in [-0.15, -0.1) is 0 Å². The van der Waals surface area contributed by atoms with E-state index < -0.39 is 11.7 Å². The van der Waals surface area contributed by atoms with Gasteiger partial charge in [-0.25, -0.2) is 4.98 Å². The van der Waals surface area contributed by atoms with Crippen molar-refractivity contribution in [3.63, 3.8) is 0 Å². The number of anilines is 3. The number of hydrogen-bond acceptors (Lipinski definition) is 6. The number of nitrogens with one attached hydrogen (secondary N) is 1. The lowest BCUT2D eigenvalue weighted by atomic mass is 10.2. The number of ether oxygens (including phenoxy) is 2. The van der Waals surface area contributed by atoms with Crippen LogP contribution in [0.1, 0.15) is 18.4 Å². The molecule has 4 rings (SSSR count). The zero-order chi connectivity index (χ0) is 17.4. The number of fused-ring (bicyclic) bond motifs is 1. The van der Waals surface area contributed by atoms with Gasteiger partial charge < -0.3 is 19.7 Å². The van der Waals surface area contributed by atoms with E-state index in [9.17, 15) is 13.2 Å². The smallest absolute Gasteiger partial charge is 0.421 e. The largest absolute Gasteiger partial charge is 0.454 e. The maximum absolute atomic E-state index is 13.3. The molecule has 9 heteroatoms. The minimum absolute atomic E-state index is 0.0964. The molecule has 0 unspecified atom stereocenters. The summed E-state index contributed by atoms with van der Waals surface area (Å²) < 4.78 is 50.4. The Balaban J connectivity index is 1.69. The Kier molecular flexibility index (Phi) is 3.78. The number of benzene rings is 1. The van der Waals surface area contributed by atoms with Crippen molar-refractivity contribution in [1.29, 1.82) is 0 Å². The second-order valence-electron chi connectivity index (χ2n) is 5.82. The van der Waals surface area contributed by atoms with Gasteiger partial charge in [0.15, 0.2) is 11.5 Å². The average molecular weight is 352 g/mol. The van der Waals surface area contributed by atoms with Crippen LogP contribution in [0.25, 0.3) is 0 Å². The lowest BCUT2D eigenvalue weighted by molar-refractivity contribution is -0.137. The van der Waals surface area contributed by atoms with Crippen molar-refractivity contribution in [2.24, 2.45) is 0 Å². The SMILES string of the molecule is FC(F)(F)c1cnc(N2CCCC2)nc1Nc1ccc2c(c1)OCO2. The molecular formula is C16H15F3N4O2. The average Bonchev–Trinajstić information content (AvgIpc) is 3.25. The summed E-state index contributed by atoms with van der Waals surface area (Å²) in [7, 11) is 0. The van der Waals surface area contributed by atoms with Gasteiger partial charge in [-0.05, 0) is 25.0 Å². The van der Waals surface area contributed by atoms with Gasteiger partial charge >= 0.3 is 6.18 Å². The fraction of sp³-hybridized carbons (Fsp3) is 0.375. The molecule has 1 aromatic carbocycles. The first kappa shape index (κ1) is 15.8. The molecule has 2 aliphatic heterocycles. The summed E-state index contributed by atoms with van der Waals surface area (Å²) >= 11 is 0. The summed E-state index contributed by atoms with van der Waals surface area (Å²) in [5.74, 6) is 1.06. The van der Waals surface area contributed by atoms with Crippen LogP contribution in [-0.2, 0) is 6.18 Å². The number of nitrogens with zero attached hydrogens (tertiary/aromatic N) is 3. The highest BCUT2D eigenvalue weighted by molar-refractivity contribution is 5.65. The first-order valence-corrected chi connectivity index (χ1v) is 7.86. The Morgan fingerprint density at radius 3 is 2.60 bits per heavy atom. The van der Waals surface area contributed by atoms with Crippen LogP contribution in [0.15, 0.2) is 24.4 Å². The van der Waals surface area contributed by atoms with E-state index in [-0.39, 0.29) is 12.6 Å². The van der Waals surface area contributed by atoms with Crippen molar-refractivity contribution in [3.05, 3.63) is 30.0 Å². The minimum Gasteiger partial charge on any atom is -0.454 e. The molecule has 0 spiro atoms. The van der Waals surface area contributed by atoms with E-state index in [1.807, 2.05) is 4.90 Å². The molecule has 0 aliphatic carbocycles. The molecule has 25 heavy (non-hydrogen) atoms. The third-order valence-corrected chi connectivity index (χ3v) is 4.11. The van der Waals surface area contributed by atoms with Gasteiger partial charge in [-0.3, -0.25) is 0 Å². The number of hydrogen-bond donors (Lipinski definition) is 1. The van der Waals surface area contributed by atoms with Crippen LogP contribution in [-0.4, -0.2) is 29.9 Å². The Hall–Kier alpha value is -2.71. The number of alkyl halides is 3. The fourth-order valence-electron chi connectivity index (χ4n) is 2.86. The molecule has 2 aromatic rings. The van der Waals surface area contributed by atoms with E-state index in [4.69, 9.17) is 9.47 Å². The third-order valence-electron chi connectivity index (χ3n) is 4.11. The lowest BCUT2D eigenvalue weighted by Gasteiger charge is -2.19. The highest BCUT2D eigenvalue weighted by Gasteiger charge is 2.36. The Bertz CT molecular complexity index is 791. The molecule has 3 heterocycles. The van der Waals surface area contributed by atoms with Gasteiger partial charge in [-0.1, -0.05) is 0 Å². The molecule has 1 saturated heterocycles. The topological polar surface area (TPSA) is 59.5 Å². The molecule has 132 valence electrons. The van der Waals surface area contributed by atoms with Crippen LogP contribution in [0.4, 0.5) is 30.6 Å². The summed E-state index contributed by atoms with van der Waals surface area (Å²) in [6.45, 7) is 1.59. The zero-order valence-corrected chi connectivity index (χ0v) is 13.1. The van der Waals surface area contributed by atoms with Crippen molar-refractivity contribution in [1.82, 2.24) is 9.97 Å². The van der Waals surface area contributed by atoms with E-state index in [2.05, 4.69) is 15.3 Å². The first-order chi connectivity index (χ1) is 12.0. The second kappa shape index (κ2) is 5.98. The number of aromatic nitrogens is 2. The summed E-state index contributed by atoms with van der Waals surface area (Å²) in [4.78, 5) is 9.90. The summed E-state index contributed by atoms with van der Waals surface area (Å²) in [6, 6.07) is 4.84. The Morgan fingerprint density at radius 2 is 1.84 bits per heavy atom. The number of halogens is 3. The van der Waals surface area contributed by atoms with E-state index in [1.165, 1.54) is 0 Å². The second-order valence-corrected chi connectivity index (χ2v) is 5.82. The molecule has 0 saturated carbocycles. The van der Waals surface area contributed by atoms with Crippen LogP contribution < -0.4 is 19.7 Å². The van der Waals surface area contributed by atoms with E-state index in [1.54, 1.807) is 18.2 Å². The third kappa shape index (κ3) is 3.13. The zero-order valence-electron chi connectivity index (χ0n) is 13.1. The molecule has 0 atom stereocenters. The van der Waals surface area contributed by atoms with Crippen LogP contribution in [0.2, 0.25) is 0 Å². The minimum atomic E-state index is -4.55.